The van der Waals surface area contributed by atoms with E-state index in [1.54, 1.807) is 30.3 Å². The highest BCUT2D eigenvalue weighted by Crippen LogP contribution is 2.17. The number of carbonyl (C=O) groups excluding carboxylic acids is 2. The Balaban J connectivity index is 1.79. The van der Waals surface area contributed by atoms with Crippen LogP contribution in [0.3, 0.4) is 0 Å². The van der Waals surface area contributed by atoms with Crippen LogP contribution >= 0.6 is 15.9 Å². The van der Waals surface area contributed by atoms with E-state index in [4.69, 9.17) is 0 Å². The Labute approximate surface area is 220 Å². The molecule has 3 rings (SSSR count). The van der Waals surface area contributed by atoms with Crippen LogP contribution in [0.15, 0.2) is 100 Å². The molecule has 0 fully saturated rings. The van der Waals surface area contributed by atoms with Gasteiger partial charge in [0.2, 0.25) is 0 Å². The fourth-order valence-corrected chi connectivity index (χ4v) is 3.80. The summed E-state index contributed by atoms with van der Waals surface area (Å²) in [5.41, 5.74) is 5.89. The van der Waals surface area contributed by atoms with E-state index < -0.39 is 5.91 Å². The van der Waals surface area contributed by atoms with Crippen molar-refractivity contribution in [1.29, 1.82) is 0 Å². The Morgan fingerprint density at radius 1 is 0.833 bits per heavy atom. The third-order valence-electron chi connectivity index (χ3n) is 5.32. The van der Waals surface area contributed by atoms with Gasteiger partial charge >= 0.3 is 0 Å². The first-order valence-electron chi connectivity index (χ1n) is 11.7. The Morgan fingerprint density at radius 2 is 1.42 bits per heavy atom. The summed E-state index contributed by atoms with van der Waals surface area (Å²) in [6, 6.07) is 26.3. The summed E-state index contributed by atoms with van der Waals surface area (Å²) in [6.45, 7) is 6.01. The van der Waals surface area contributed by atoms with Crippen molar-refractivity contribution < 1.29 is 9.59 Å². The van der Waals surface area contributed by atoms with Crippen LogP contribution in [-0.4, -0.2) is 31.1 Å². The van der Waals surface area contributed by atoms with E-state index in [0.29, 0.717) is 10.0 Å². The molecule has 0 saturated heterocycles. The molecule has 184 valence electrons. The van der Waals surface area contributed by atoms with Gasteiger partial charge in [0.15, 0.2) is 0 Å². The number of benzene rings is 3. The van der Waals surface area contributed by atoms with Crippen LogP contribution in [0.5, 0.6) is 0 Å². The SMILES string of the molecule is CCN(CC)c1ccc(/C=C(\NC(=O)c2ccccc2)C(=O)N/N=C/C(Br)=C/c2ccccc2)cc1. The molecule has 3 aromatic rings. The summed E-state index contributed by atoms with van der Waals surface area (Å²) < 4.78 is 0.680. The molecule has 0 radical (unpaired) electrons. The van der Waals surface area contributed by atoms with Crippen molar-refractivity contribution in [1.82, 2.24) is 10.7 Å². The molecule has 3 aromatic carbocycles. The Kier molecular flexibility index (Phi) is 10.2. The van der Waals surface area contributed by atoms with Crippen molar-refractivity contribution in [3.8, 4) is 0 Å². The van der Waals surface area contributed by atoms with Gasteiger partial charge in [-0.25, -0.2) is 5.43 Å². The number of halogens is 1. The fraction of sp³-hybridized carbons (Fsp3) is 0.138. The van der Waals surface area contributed by atoms with Gasteiger partial charge in [0, 0.05) is 28.8 Å². The number of allylic oxidation sites excluding steroid dienone is 1. The molecule has 7 heteroatoms. The molecule has 0 saturated carbocycles. The maximum absolute atomic E-state index is 13.0. The maximum atomic E-state index is 13.0. The Bertz CT molecular complexity index is 1230. The van der Waals surface area contributed by atoms with Gasteiger partial charge in [-0.15, -0.1) is 0 Å². The predicted octanol–water partition coefficient (Wildman–Crippen LogP) is 5.84. The first kappa shape index (κ1) is 26.6. The standard InChI is InChI=1S/C29H29BrN4O2/c1-3-34(4-2)26-17-15-23(16-18-26)20-27(32-28(35)24-13-9-6-10-14-24)29(36)33-31-21-25(30)19-22-11-7-5-8-12-22/h5-21H,3-4H2,1-2H3,(H,32,35)(H,33,36)/b25-19-,27-20-,31-21+. The molecule has 2 amide bonds. The van der Waals surface area contributed by atoms with Gasteiger partial charge in [0.25, 0.3) is 11.8 Å². The molecule has 0 aliphatic carbocycles. The normalized spacial score (nSPS) is 11.9. The Morgan fingerprint density at radius 3 is 2.03 bits per heavy atom. The molecule has 0 heterocycles. The minimum absolute atomic E-state index is 0.0831. The third-order valence-corrected chi connectivity index (χ3v) is 5.75. The molecule has 0 spiro atoms. The second kappa shape index (κ2) is 13.8. The molecule has 0 aliphatic heterocycles. The zero-order chi connectivity index (χ0) is 25.8. The highest BCUT2D eigenvalue weighted by atomic mass is 79.9. The van der Waals surface area contributed by atoms with Crippen LogP contribution in [0.1, 0.15) is 35.3 Å². The number of anilines is 1. The minimum Gasteiger partial charge on any atom is -0.372 e. The molecule has 6 nitrogen and oxygen atoms in total. The zero-order valence-corrected chi connectivity index (χ0v) is 21.9. The van der Waals surface area contributed by atoms with Crippen molar-refractivity contribution in [2.75, 3.05) is 18.0 Å². The average molecular weight is 545 g/mol. The number of nitrogens with one attached hydrogen (secondary N) is 2. The van der Waals surface area contributed by atoms with Crippen molar-refractivity contribution in [2.45, 2.75) is 13.8 Å². The molecular formula is C29H29BrN4O2. The highest BCUT2D eigenvalue weighted by Gasteiger charge is 2.14. The van der Waals surface area contributed by atoms with Crippen LogP contribution in [0.4, 0.5) is 5.69 Å². The van der Waals surface area contributed by atoms with E-state index in [-0.39, 0.29) is 11.6 Å². The van der Waals surface area contributed by atoms with E-state index in [9.17, 15) is 9.59 Å². The minimum atomic E-state index is -0.539. The van der Waals surface area contributed by atoms with Crippen molar-refractivity contribution in [2.24, 2.45) is 5.10 Å². The fourth-order valence-electron chi connectivity index (χ4n) is 3.44. The number of carbonyl (C=O) groups is 2. The van der Waals surface area contributed by atoms with Crippen LogP contribution in [0.25, 0.3) is 12.2 Å². The topological polar surface area (TPSA) is 73.8 Å². The molecule has 2 N–H and O–H groups in total. The molecule has 36 heavy (non-hydrogen) atoms. The van der Waals surface area contributed by atoms with E-state index in [2.05, 4.69) is 50.5 Å². The smallest absolute Gasteiger partial charge is 0.287 e. The third kappa shape index (κ3) is 8.06. The van der Waals surface area contributed by atoms with Gasteiger partial charge in [-0.05, 0) is 77.3 Å². The zero-order valence-electron chi connectivity index (χ0n) is 20.3. The van der Waals surface area contributed by atoms with Crippen LogP contribution < -0.4 is 15.6 Å². The number of hydrogen-bond acceptors (Lipinski definition) is 4. The van der Waals surface area contributed by atoms with E-state index >= 15 is 0 Å². The van der Waals surface area contributed by atoms with Crippen LogP contribution in [0.2, 0.25) is 0 Å². The summed E-state index contributed by atoms with van der Waals surface area (Å²) in [5.74, 6) is -0.922. The van der Waals surface area contributed by atoms with Gasteiger partial charge in [0.05, 0.1) is 6.21 Å². The van der Waals surface area contributed by atoms with Crippen molar-refractivity contribution in [3.63, 3.8) is 0 Å². The second-order valence-electron chi connectivity index (χ2n) is 7.78. The number of nitrogens with zero attached hydrogens (tertiary/aromatic N) is 2. The van der Waals surface area contributed by atoms with Gasteiger partial charge < -0.3 is 10.2 Å². The van der Waals surface area contributed by atoms with E-state index in [1.165, 1.54) is 6.21 Å². The summed E-state index contributed by atoms with van der Waals surface area (Å²) in [7, 11) is 0. The second-order valence-corrected chi connectivity index (χ2v) is 8.70. The highest BCUT2D eigenvalue weighted by molar-refractivity contribution is 9.12. The summed E-state index contributed by atoms with van der Waals surface area (Å²) in [6.07, 6.45) is 4.99. The lowest BCUT2D eigenvalue weighted by atomic mass is 10.1. The summed E-state index contributed by atoms with van der Waals surface area (Å²) in [4.78, 5) is 28.0. The first-order chi connectivity index (χ1) is 17.5. The van der Waals surface area contributed by atoms with Gasteiger partial charge in [-0.3, -0.25) is 9.59 Å². The monoisotopic (exact) mass is 544 g/mol. The lowest BCUT2D eigenvalue weighted by Crippen LogP contribution is -2.32. The summed E-state index contributed by atoms with van der Waals surface area (Å²) in [5, 5.41) is 6.75. The lowest BCUT2D eigenvalue weighted by Gasteiger charge is -2.20. The molecule has 0 bridgehead atoms. The lowest BCUT2D eigenvalue weighted by molar-refractivity contribution is -0.117. The van der Waals surface area contributed by atoms with Gasteiger partial charge in [-0.2, -0.15) is 5.10 Å². The number of amides is 2. The molecule has 0 unspecified atom stereocenters. The number of rotatable bonds is 10. The van der Waals surface area contributed by atoms with Crippen molar-refractivity contribution >= 4 is 51.8 Å². The first-order valence-corrected chi connectivity index (χ1v) is 12.5. The van der Waals surface area contributed by atoms with Crippen LogP contribution in [0, 0.1) is 0 Å². The largest absolute Gasteiger partial charge is 0.372 e. The van der Waals surface area contributed by atoms with E-state index in [0.717, 1.165) is 29.9 Å². The quantitative estimate of drug-likeness (QED) is 0.191. The molecule has 0 aromatic heterocycles. The van der Waals surface area contributed by atoms with Gasteiger partial charge in [-0.1, -0.05) is 60.7 Å². The average Bonchev–Trinajstić information content (AvgIpc) is 2.91. The molecular weight excluding hydrogens is 516 g/mol. The predicted molar refractivity (Wildman–Crippen MR) is 152 cm³/mol. The molecule has 0 atom stereocenters. The van der Waals surface area contributed by atoms with Crippen LogP contribution in [-0.2, 0) is 4.79 Å². The molecule has 0 aliphatic rings. The van der Waals surface area contributed by atoms with E-state index in [1.807, 2.05) is 66.7 Å². The summed E-state index contributed by atoms with van der Waals surface area (Å²) >= 11 is 3.43. The number of hydrazone groups is 1. The Hall–Kier alpha value is -3.97. The van der Waals surface area contributed by atoms with Gasteiger partial charge in [0.1, 0.15) is 5.70 Å². The van der Waals surface area contributed by atoms with Crippen molar-refractivity contribution in [3.05, 3.63) is 112 Å². The number of hydrogen-bond donors (Lipinski definition) is 2. The maximum Gasteiger partial charge on any atom is 0.287 e.